The van der Waals surface area contributed by atoms with Gasteiger partial charge in [-0.3, -0.25) is 0 Å². The molecule has 5 nitrogen and oxygen atoms in total. The highest BCUT2D eigenvalue weighted by Crippen LogP contribution is 2.24. The molecule has 3 aromatic rings. The van der Waals surface area contributed by atoms with E-state index in [9.17, 15) is 5.11 Å². The second-order valence-electron chi connectivity index (χ2n) is 5.78. The molecule has 0 radical (unpaired) electrons. The molecule has 0 unspecified atom stereocenters. The van der Waals surface area contributed by atoms with E-state index in [1.54, 1.807) is 6.26 Å². The van der Waals surface area contributed by atoms with Crippen LogP contribution >= 0.6 is 0 Å². The van der Waals surface area contributed by atoms with Gasteiger partial charge >= 0.3 is 0 Å². The molecule has 0 saturated carbocycles. The summed E-state index contributed by atoms with van der Waals surface area (Å²) < 4.78 is 11.1. The number of aromatic nitrogens is 1. The first kappa shape index (κ1) is 17.0. The van der Waals surface area contributed by atoms with E-state index in [1.807, 2.05) is 56.3 Å². The summed E-state index contributed by atoms with van der Waals surface area (Å²) in [5.41, 5.74) is 4.63. The fourth-order valence-corrected chi connectivity index (χ4v) is 2.52. The van der Waals surface area contributed by atoms with Gasteiger partial charge in [0, 0.05) is 16.8 Å². The van der Waals surface area contributed by atoms with Gasteiger partial charge in [-0.25, -0.2) is 4.98 Å². The van der Waals surface area contributed by atoms with Crippen molar-refractivity contribution in [3.05, 3.63) is 65.5 Å². The predicted octanol–water partition coefficient (Wildman–Crippen LogP) is 4.15. The zero-order valence-electron chi connectivity index (χ0n) is 14.5. The molecule has 0 fully saturated rings. The molecule has 5 heteroatoms. The van der Waals surface area contributed by atoms with E-state index in [0.29, 0.717) is 24.8 Å². The van der Waals surface area contributed by atoms with Crippen molar-refractivity contribution < 1.29 is 14.3 Å². The van der Waals surface area contributed by atoms with Crippen molar-refractivity contribution in [3.8, 4) is 17.2 Å². The molecule has 0 aliphatic rings. The summed E-state index contributed by atoms with van der Waals surface area (Å²) in [5, 5.41) is 12.8. The molecule has 1 aromatic heterocycles. The van der Waals surface area contributed by atoms with Crippen LogP contribution in [0, 0.1) is 6.92 Å². The van der Waals surface area contributed by atoms with Crippen LogP contribution in [0.1, 0.15) is 23.7 Å². The van der Waals surface area contributed by atoms with Crippen LogP contribution in [0.4, 0.5) is 5.69 Å². The summed E-state index contributed by atoms with van der Waals surface area (Å²) in [4.78, 5) is 4.51. The molecule has 1 heterocycles. The number of hydrogen-bond acceptors (Lipinski definition) is 5. The molecule has 0 spiro atoms. The van der Waals surface area contributed by atoms with Crippen LogP contribution in [0.25, 0.3) is 11.5 Å². The van der Waals surface area contributed by atoms with Crippen LogP contribution in [0.5, 0.6) is 5.75 Å². The second kappa shape index (κ2) is 7.85. The van der Waals surface area contributed by atoms with Crippen LogP contribution in [-0.2, 0) is 13.2 Å². The molecule has 0 aliphatic carbocycles. The summed E-state index contributed by atoms with van der Waals surface area (Å²) in [7, 11) is 0. The van der Waals surface area contributed by atoms with Gasteiger partial charge < -0.3 is 19.6 Å². The number of oxazole rings is 1. The lowest BCUT2D eigenvalue weighted by molar-refractivity contribution is 0.267. The van der Waals surface area contributed by atoms with Gasteiger partial charge in [-0.15, -0.1) is 0 Å². The van der Waals surface area contributed by atoms with Crippen LogP contribution in [0.2, 0.25) is 0 Å². The second-order valence-corrected chi connectivity index (χ2v) is 5.78. The standard InChI is InChI=1S/C20H22N2O3/c1-3-24-19-9-8-17(10-16(19)12-23)21-11-18-13-25-20(22-18)15-6-4-14(2)5-7-15/h4-10,13,21,23H,3,11-12H2,1-2H3. The quantitative estimate of drug-likeness (QED) is 0.677. The van der Waals surface area contributed by atoms with E-state index in [2.05, 4.69) is 10.3 Å². The zero-order chi connectivity index (χ0) is 17.6. The molecule has 25 heavy (non-hydrogen) atoms. The van der Waals surface area contributed by atoms with Gasteiger partial charge in [-0.1, -0.05) is 17.7 Å². The van der Waals surface area contributed by atoms with Gasteiger partial charge in [0.15, 0.2) is 0 Å². The van der Waals surface area contributed by atoms with Crippen LogP contribution in [0.3, 0.4) is 0 Å². The van der Waals surface area contributed by atoms with Gasteiger partial charge in [-0.2, -0.15) is 0 Å². The van der Waals surface area contributed by atoms with Crippen molar-refractivity contribution in [1.29, 1.82) is 0 Å². The predicted molar refractivity (Wildman–Crippen MR) is 97.5 cm³/mol. The SMILES string of the molecule is CCOc1ccc(NCc2coc(-c3ccc(C)cc3)n2)cc1CO. The lowest BCUT2D eigenvalue weighted by Gasteiger charge is -2.11. The maximum Gasteiger partial charge on any atom is 0.226 e. The molecule has 2 N–H and O–H groups in total. The summed E-state index contributed by atoms with van der Waals surface area (Å²) in [5.74, 6) is 1.32. The summed E-state index contributed by atoms with van der Waals surface area (Å²) in [6, 6.07) is 13.7. The van der Waals surface area contributed by atoms with Gasteiger partial charge in [-0.05, 0) is 44.2 Å². The highest BCUT2D eigenvalue weighted by atomic mass is 16.5. The third-order valence-electron chi connectivity index (χ3n) is 3.85. The maximum atomic E-state index is 9.47. The maximum absolute atomic E-state index is 9.47. The van der Waals surface area contributed by atoms with Crippen molar-refractivity contribution in [1.82, 2.24) is 4.98 Å². The Hall–Kier alpha value is -2.79. The van der Waals surface area contributed by atoms with Crippen molar-refractivity contribution in [2.45, 2.75) is 27.0 Å². The lowest BCUT2D eigenvalue weighted by Crippen LogP contribution is -2.02. The van der Waals surface area contributed by atoms with Crippen molar-refractivity contribution in [3.63, 3.8) is 0 Å². The van der Waals surface area contributed by atoms with Gasteiger partial charge in [0.2, 0.25) is 5.89 Å². The Balaban J connectivity index is 1.67. The van der Waals surface area contributed by atoms with E-state index < -0.39 is 0 Å². The van der Waals surface area contributed by atoms with Crippen molar-refractivity contribution in [2.75, 3.05) is 11.9 Å². The molecule has 0 bridgehead atoms. The molecule has 0 amide bonds. The number of ether oxygens (including phenoxy) is 1. The number of aliphatic hydroxyl groups is 1. The Labute approximate surface area is 147 Å². The fourth-order valence-electron chi connectivity index (χ4n) is 2.52. The molecular formula is C20H22N2O3. The number of anilines is 1. The van der Waals surface area contributed by atoms with E-state index in [0.717, 1.165) is 22.5 Å². The Morgan fingerprint density at radius 3 is 2.68 bits per heavy atom. The summed E-state index contributed by atoms with van der Waals surface area (Å²) in [6.45, 7) is 5.01. The minimum atomic E-state index is -0.0631. The Bertz CT molecular complexity index is 825. The zero-order valence-corrected chi connectivity index (χ0v) is 14.5. The lowest BCUT2D eigenvalue weighted by atomic mass is 10.1. The number of benzene rings is 2. The molecule has 0 saturated heterocycles. The van der Waals surface area contributed by atoms with E-state index in [-0.39, 0.29) is 6.61 Å². The average molecular weight is 338 g/mol. The highest BCUT2D eigenvalue weighted by Gasteiger charge is 2.08. The number of aryl methyl sites for hydroxylation is 1. The van der Waals surface area contributed by atoms with Crippen molar-refractivity contribution >= 4 is 5.69 Å². The van der Waals surface area contributed by atoms with Gasteiger partial charge in [0.05, 0.1) is 25.5 Å². The third-order valence-corrected chi connectivity index (χ3v) is 3.85. The first-order valence-corrected chi connectivity index (χ1v) is 8.31. The number of aliphatic hydroxyl groups excluding tert-OH is 1. The molecule has 0 aliphatic heterocycles. The molecular weight excluding hydrogens is 316 g/mol. The van der Waals surface area contributed by atoms with E-state index in [1.165, 1.54) is 5.56 Å². The third kappa shape index (κ3) is 4.19. The Morgan fingerprint density at radius 1 is 1.16 bits per heavy atom. The van der Waals surface area contributed by atoms with E-state index in [4.69, 9.17) is 9.15 Å². The molecule has 0 atom stereocenters. The van der Waals surface area contributed by atoms with Crippen LogP contribution in [-0.4, -0.2) is 16.7 Å². The van der Waals surface area contributed by atoms with Crippen LogP contribution in [0.15, 0.2) is 53.1 Å². The minimum absolute atomic E-state index is 0.0631. The fraction of sp³-hybridized carbons (Fsp3) is 0.250. The number of rotatable bonds is 7. The highest BCUT2D eigenvalue weighted by molar-refractivity contribution is 5.54. The Kier molecular flexibility index (Phi) is 5.36. The molecule has 3 rings (SSSR count). The Morgan fingerprint density at radius 2 is 1.96 bits per heavy atom. The average Bonchev–Trinajstić information content (AvgIpc) is 3.10. The molecule has 2 aromatic carbocycles. The monoisotopic (exact) mass is 338 g/mol. The number of hydrogen-bond donors (Lipinski definition) is 2. The topological polar surface area (TPSA) is 67.5 Å². The van der Waals surface area contributed by atoms with E-state index >= 15 is 0 Å². The first-order valence-electron chi connectivity index (χ1n) is 8.31. The number of nitrogens with one attached hydrogen (secondary N) is 1. The minimum Gasteiger partial charge on any atom is -0.494 e. The normalized spacial score (nSPS) is 10.7. The first-order chi connectivity index (χ1) is 12.2. The summed E-state index contributed by atoms with van der Waals surface area (Å²) >= 11 is 0. The van der Waals surface area contributed by atoms with Crippen LogP contribution < -0.4 is 10.1 Å². The number of nitrogens with zero attached hydrogens (tertiary/aromatic N) is 1. The molecule has 130 valence electrons. The van der Waals surface area contributed by atoms with Crippen molar-refractivity contribution in [2.24, 2.45) is 0 Å². The van der Waals surface area contributed by atoms with Gasteiger partial charge in [0.1, 0.15) is 12.0 Å². The smallest absolute Gasteiger partial charge is 0.226 e. The summed E-state index contributed by atoms with van der Waals surface area (Å²) in [6.07, 6.45) is 1.66. The van der Waals surface area contributed by atoms with Gasteiger partial charge in [0.25, 0.3) is 0 Å². The largest absolute Gasteiger partial charge is 0.494 e.